The van der Waals surface area contributed by atoms with Gasteiger partial charge in [0.15, 0.2) is 5.82 Å². The van der Waals surface area contributed by atoms with E-state index in [1.807, 2.05) is 0 Å². The fraction of sp³-hybridized carbons (Fsp3) is 0.304. The molecular weight excluding hydrogens is 470 g/mol. The number of aliphatic hydroxyl groups excluding tert-OH is 1. The molecule has 1 aromatic heterocycles. The van der Waals surface area contributed by atoms with Crippen LogP contribution in [-0.2, 0) is 6.61 Å². The van der Waals surface area contributed by atoms with E-state index in [1.54, 1.807) is 4.90 Å². The van der Waals surface area contributed by atoms with Crippen LogP contribution in [0.2, 0.25) is 5.02 Å². The molecule has 2 aliphatic heterocycles. The molecule has 2 aromatic carbocycles. The summed E-state index contributed by atoms with van der Waals surface area (Å²) in [5.74, 6) is -3.00. The molecule has 2 aliphatic rings. The van der Waals surface area contributed by atoms with Gasteiger partial charge in [0.25, 0.3) is 0 Å². The minimum absolute atomic E-state index is 0.0513. The fourth-order valence-corrected chi connectivity index (χ4v) is 5.28. The normalized spacial score (nSPS) is 16.6. The van der Waals surface area contributed by atoms with Gasteiger partial charge < -0.3 is 30.7 Å². The number of fused-ring (bicyclic) bond motifs is 1. The van der Waals surface area contributed by atoms with Crippen LogP contribution in [0.4, 0.5) is 20.2 Å². The van der Waals surface area contributed by atoms with Crippen molar-refractivity contribution in [1.82, 2.24) is 9.88 Å². The van der Waals surface area contributed by atoms with Crippen LogP contribution in [0.25, 0.3) is 16.6 Å². The van der Waals surface area contributed by atoms with E-state index in [9.17, 15) is 24.2 Å². The third-order valence-corrected chi connectivity index (χ3v) is 7.12. The number of carboxylic acid groups (broad SMARTS) is 1. The van der Waals surface area contributed by atoms with Gasteiger partial charge >= 0.3 is 5.97 Å². The maximum absolute atomic E-state index is 15.6. The molecule has 1 spiro atoms. The molecule has 0 unspecified atom stereocenters. The van der Waals surface area contributed by atoms with Gasteiger partial charge in [0.1, 0.15) is 11.4 Å². The van der Waals surface area contributed by atoms with E-state index in [2.05, 4.69) is 5.32 Å². The van der Waals surface area contributed by atoms with E-state index in [1.165, 1.54) is 17.6 Å². The first-order valence-corrected chi connectivity index (χ1v) is 10.9. The van der Waals surface area contributed by atoms with Crippen molar-refractivity contribution in [2.75, 3.05) is 36.8 Å². The molecule has 0 saturated carbocycles. The van der Waals surface area contributed by atoms with Gasteiger partial charge in [-0.25, -0.2) is 13.6 Å². The van der Waals surface area contributed by atoms with Crippen molar-refractivity contribution in [3.63, 3.8) is 0 Å². The number of hydrogen-bond donors (Lipinski definition) is 4. The average Bonchev–Trinajstić information content (AvgIpc) is 2.73. The van der Waals surface area contributed by atoms with Crippen LogP contribution < -0.4 is 21.4 Å². The first-order valence-electron chi connectivity index (χ1n) is 10.5. The van der Waals surface area contributed by atoms with E-state index in [-0.39, 0.29) is 49.5 Å². The predicted octanol–water partition coefficient (Wildman–Crippen LogP) is 2.41. The van der Waals surface area contributed by atoms with Crippen molar-refractivity contribution < 1.29 is 23.8 Å². The molecule has 5 N–H and O–H groups in total. The summed E-state index contributed by atoms with van der Waals surface area (Å²) in [6.45, 7) is 3.57. The van der Waals surface area contributed by atoms with E-state index in [0.717, 1.165) is 25.4 Å². The Morgan fingerprint density at radius 3 is 2.53 bits per heavy atom. The van der Waals surface area contributed by atoms with Crippen LogP contribution in [0.1, 0.15) is 21.5 Å². The number of anilines is 2. The lowest BCUT2D eigenvalue weighted by molar-refractivity contribution is 0.0695. The second kappa shape index (κ2) is 7.66. The number of aromatic carboxylic acids is 1. The number of rotatable bonds is 4. The van der Waals surface area contributed by atoms with Gasteiger partial charge in [0.2, 0.25) is 5.43 Å². The van der Waals surface area contributed by atoms with E-state index in [0.29, 0.717) is 13.1 Å². The van der Waals surface area contributed by atoms with Crippen LogP contribution in [0, 0.1) is 24.0 Å². The molecule has 0 radical (unpaired) electrons. The van der Waals surface area contributed by atoms with Gasteiger partial charge in [-0.1, -0.05) is 11.6 Å². The van der Waals surface area contributed by atoms with Gasteiger partial charge in [-0.3, -0.25) is 4.79 Å². The summed E-state index contributed by atoms with van der Waals surface area (Å²) in [5.41, 5.74) is 4.34. The first-order chi connectivity index (χ1) is 16.1. The largest absolute Gasteiger partial charge is 0.477 e. The summed E-state index contributed by atoms with van der Waals surface area (Å²) < 4.78 is 31.0. The van der Waals surface area contributed by atoms with Crippen LogP contribution in [-0.4, -0.2) is 46.9 Å². The van der Waals surface area contributed by atoms with Crippen LogP contribution in [0.15, 0.2) is 23.1 Å². The molecular formula is C23H21ClF2N4O4. The maximum Gasteiger partial charge on any atom is 0.341 e. The minimum atomic E-state index is -1.52. The number of aromatic nitrogens is 1. The minimum Gasteiger partial charge on any atom is -0.477 e. The summed E-state index contributed by atoms with van der Waals surface area (Å²) in [5, 5.41) is 22.4. The highest BCUT2D eigenvalue weighted by Crippen LogP contribution is 2.45. The molecule has 3 aromatic rings. The monoisotopic (exact) mass is 490 g/mol. The molecule has 2 fully saturated rings. The lowest BCUT2D eigenvalue weighted by atomic mass is 9.74. The SMILES string of the molecule is Cc1c(F)c(N2CC3(CNC3)C2)c(Cl)c2c1c(=O)c(C(=O)O)cn2-c1cc(N)c(F)cc1CO. The number of aliphatic hydroxyl groups is 1. The Morgan fingerprint density at radius 1 is 1.29 bits per heavy atom. The Kier molecular flexibility index (Phi) is 5.08. The topological polar surface area (TPSA) is 121 Å². The highest BCUT2D eigenvalue weighted by atomic mass is 35.5. The predicted molar refractivity (Wildman–Crippen MR) is 124 cm³/mol. The number of benzene rings is 2. The number of nitrogens with one attached hydrogen (secondary N) is 1. The summed E-state index contributed by atoms with van der Waals surface area (Å²) in [6, 6.07) is 2.23. The molecule has 3 heterocycles. The summed E-state index contributed by atoms with van der Waals surface area (Å²) in [7, 11) is 0. The van der Waals surface area contributed by atoms with Gasteiger partial charge in [0, 0.05) is 48.9 Å². The number of nitrogens with two attached hydrogens (primary N) is 1. The van der Waals surface area contributed by atoms with Gasteiger partial charge in [-0.2, -0.15) is 0 Å². The Balaban J connectivity index is 1.87. The van der Waals surface area contributed by atoms with Gasteiger partial charge in [-0.05, 0) is 19.1 Å². The first kappa shape index (κ1) is 22.6. The number of hydrogen-bond acceptors (Lipinski definition) is 6. The second-order valence-electron chi connectivity index (χ2n) is 8.99. The molecule has 0 atom stereocenters. The molecule has 2 saturated heterocycles. The molecule has 0 aliphatic carbocycles. The number of carboxylic acids is 1. The van der Waals surface area contributed by atoms with Crippen LogP contribution in [0.5, 0.6) is 0 Å². The Labute approximate surface area is 197 Å². The molecule has 11 heteroatoms. The molecule has 0 amide bonds. The van der Waals surface area contributed by atoms with Crippen LogP contribution >= 0.6 is 11.6 Å². The van der Waals surface area contributed by atoms with Crippen molar-refractivity contribution in [3.8, 4) is 5.69 Å². The van der Waals surface area contributed by atoms with Crippen LogP contribution in [0.3, 0.4) is 0 Å². The smallest absolute Gasteiger partial charge is 0.341 e. The second-order valence-corrected chi connectivity index (χ2v) is 9.37. The van der Waals surface area contributed by atoms with Crippen molar-refractivity contribution >= 4 is 39.8 Å². The summed E-state index contributed by atoms with van der Waals surface area (Å²) in [6.07, 6.45) is 1.04. The Hall–Kier alpha value is -3.21. The number of pyridine rings is 1. The zero-order chi connectivity index (χ0) is 24.5. The van der Waals surface area contributed by atoms with E-state index in [4.69, 9.17) is 17.3 Å². The average molecular weight is 491 g/mol. The lowest BCUT2D eigenvalue weighted by Crippen LogP contribution is -2.71. The maximum atomic E-state index is 15.6. The zero-order valence-corrected chi connectivity index (χ0v) is 18.8. The Bertz CT molecular complexity index is 1440. The highest BCUT2D eigenvalue weighted by Gasteiger charge is 2.49. The Morgan fingerprint density at radius 2 is 1.97 bits per heavy atom. The van der Waals surface area contributed by atoms with E-state index < -0.39 is 35.2 Å². The number of aryl methyl sites for hydroxylation is 1. The molecule has 178 valence electrons. The standard InChI is InChI=1S/C23H21ClF2N4O4/c1-10-16-19(17(24)20(18(10)26)29-8-23(9-29)6-28-7-23)30(4-12(21(16)32)22(33)34)15-3-14(27)13(25)2-11(15)5-31/h2-4,28,31H,5-9,27H2,1H3,(H,33,34). The quantitative estimate of drug-likeness (QED) is 0.414. The van der Waals surface area contributed by atoms with Gasteiger partial charge in [0.05, 0.1) is 39.6 Å². The summed E-state index contributed by atoms with van der Waals surface area (Å²) in [4.78, 5) is 26.7. The zero-order valence-electron chi connectivity index (χ0n) is 18.1. The van der Waals surface area contributed by atoms with Crippen molar-refractivity contribution in [3.05, 3.63) is 61.9 Å². The number of nitrogens with zero attached hydrogens (tertiary/aromatic N) is 2. The van der Waals surface area contributed by atoms with Gasteiger partial charge in [-0.15, -0.1) is 0 Å². The summed E-state index contributed by atoms with van der Waals surface area (Å²) >= 11 is 6.73. The third-order valence-electron chi connectivity index (χ3n) is 6.76. The molecule has 34 heavy (non-hydrogen) atoms. The number of carbonyl (C=O) groups is 1. The van der Waals surface area contributed by atoms with Crippen molar-refractivity contribution in [2.45, 2.75) is 13.5 Å². The lowest BCUT2D eigenvalue weighted by Gasteiger charge is -2.57. The fourth-order valence-electron chi connectivity index (χ4n) is 4.89. The number of halogens is 3. The molecule has 0 bridgehead atoms. The van der Waals surface area contributed by atoms with Crippen molar-refractivity contribution in [2.24, 2.45) is 5.41 Å². The third kappa shape index (κ3) is 3.09. The number of nitrogen functional groups attached to an aromatic ring is 1. The molecule has 5 rings (SSSR count). The van der Waals surface area contributed by atoms with E-state index >= 15 is 4.39 Å². The molecule has 8 nitrogen and oxygen atoms in total. The highest BCUT2D eigenvalue weighted by molar-refractivity contribution is 6.38. The van der Waals surface area contributed by atoms with Crippen molar-refractivity contribution in [1.29, 1.82) is 0 Å².